The van der Waals surface area contributed by atoms with Crippen molar-refractivity contribution in [3.8, 4) is 6.07 Å². The smallest absolute Gasteiger partial charge is 0.135 e. The minimum absolute atomic E-state index is 0.192. The molecule has 1 aromatic heterocycles. The summed E-state index contributed by atoms with van der Waals surface area (Å²) in [4.78, 5) is 12.3. The Balaban J connectivity index is 1.66. The molecule has 0 atom stereocenters. The Morgan fingerprint density at radius 3 is 2.62 bits per heavy atom. The van der Waals surface area contributed by atoms with E-state index in [4.69, 9.17) is 9.97 Å². The number of benzene rings is 1. The predicted octanol–water partition coefficient (Wildman–Crippen LogP) is 2.50. The van der Waals surface area contributed by atoms with Crippen LogP contribution in [0.2, 0.25) is 0 Å². The third-order valence-electron chi connectivity index (χ3n) is 5.39. The Kier molecular flexibility index (Phi) is 5.12. The lowest BCUT2D eigenvalue weighted by atomic mass is 9.97. The second-order valence-electron chi connectivity index (χ2n) is 7.19. The summed E-state index contributed by atoms with van der Waals surface area (Å²) in [5, 5.41) is 12.7. The van der Waals surface area contributed by atoms with Crippen LogP contribution in [0.15, 0.2) is 30.3 Å². The van der Waals surface area contributed by atoms with Crippen molar-refractivity contribution in [3.05, 3.63) is 53.0 Å². The number of aromatic nitrogens is 2. The molecule has 5 heteroatoms. The van der Waals surface area contributed by atoms with E-state index in [2.05, 4.69) is 40.6 Å². The van der Waals surface area contributed by atoms with E-state index in [9.17, 15) is 5.26 Å². The van der Waals surface area contributed by atoms with Gasteiger partial charge in [-0.1, -0.05) is 30.3 Å². The standard InChI is InChI=1S/C21H25N5/c22-15-17-8-12-26(13-9-17)21-18-6-10-23-11-7-19(18)24-20(25-21)14-16-4-2-1-3-5-16/h1-5,17,23H,6-14H2. The molecule has 2 aliphatic rings. The monoisotopic (exact) mass is 347 g/mol. The van der Waals surface area contributed by atoms with Crippen LogP contribution in [0, 0.1) is 17.2 Å². The molecule has 0 bridgehead atoms. The van der Waals surface area contributed by atoms with Gasteiger partial charge in [-0.3, -0.25) is 0 Å². The van der Waals surface area contributed by atoms with Crippen LogP contribution in [-0.2, 0) is 19.3 Å². The molecule has 3 heterocycles. The minimum Gasteiger partial charge on any atom is -0.356 e. The average Bonchev–Trinajstić information content (AvgIpc) is 2.94. The fourth-order valence-corrected chi connectivity index (χ4v) is 3.91. The maximum atomic E-state index is 9.18. The molecular weight excluding hydrogens is 322 g/mol. The quantitative estimate of drug-likeness (QED) is 0.924. The highest BCUT2D eigenvalue weighted by Gasteiger charge is 2.25. The molecule has 2 aliphatic heterocycles. The number of fused-ring (bicyclic) bond motifs is 1. The van der Waals surface area contributed by atoms with Gasteiger partial charge in [0.05, 0.1) is 11.8 Å². The van der Waals surface area contributed by atoms with Crippen LogP contribution < -0.4 is 10.2 Å². The van der Waals surface area contributed by atoms with Gasteiger partial charge in [0.25, 0.3) is 0 Å². The molecule has 0 aliphatic carbocycles. The number of nitriles is 1. The Hall–Kier alpha value is -2.45. The molecule has 4 rings (SSSR count). The highest BCUT2D eigenvalue weighted by molar-refractivity contribution is 5.51. The average molecular weight is 347 g/mol. The number of rotatable bonds is 3. The zero-order chi connectivity index (χ0) is 17.8. The van der Waals surface area contributed by atoms with Crippen LogP contribution in [0.25, 0.3) is 0 Å². The van der Waals surface area contributed by atoms with Crippen LogP contribution >= 0.6 is 0 Å². The van der Waals surface area contributed by atoms with E-state index < -0.39 is 0 Å². The van der Waals surface area contributed by atoms with Gasteiger partial charge in [0.15, 0.2) is 0 Å². The fraction of sp³-hybridized carbons (Fsp3) is 0.476. The van der Waals surface area contributed by atoms with E-state index in [0.29, 0.717) is 0 Å². The van der Waals surface area contributed by atoms with Crippen LogP contribution in [0.3, 0.4) is 0 Å². The number of hydrogen-bond acceptors (Lipinski definition) is 5. The summed E-state index contributed by atoms with van der Waals surface area (Å²) >= 11 is 0. The predicted molar refractivity (Wildman–Crippen MR) is 102 cm³/mol. The van der Waals surface area contributed by atoms with Crippen LogP contribution in [0.5, 0.6) is 0 Å². The zero-order valence-electron chi connectivity index (χ0n) is 15.1. The first-order chi connectivity index (χ1) is 12.8. The van der Waals surface area contributed by atoms with E-state index in [0.717, 1.165) is 69.9 Å². The second-order valence-corrected chi connectivity index (χ2v) is 7.19. The van der Waals surface area contributed by atoms with Crippen LogP contribution in [-0.4, -0.2) is 36.1 Å². The topological polar surface area (TPSA) is 64.8 Å². The second kappa shape index (κ2) is 7.84. The van der Waals surface area contributed by atoms with Crippen molar-refractivity contribution in [2.24, 2.45) is 5.92 Å². The molecule has 134 valence electrons. The molecule has 26 heavy (non-hydrogen) atoms. The van der Waals surface area contributed by atoms with Gasteiger partial charge in [0.2, 0.25) is 0 Å². The fourth-order valence-electron chi connectivity index (χ4n) is 3.91. The van der Waals surface area contributed by atoms with Crippen LogP contribution in [0.1, 0.15) is 35.5 Å². The lowest BCUT2D eigenvalue weighted by Gasteiger charge is -2.32. The SMILES string of the molecule is N#CC1CCN(c2nc(Cc3ccccc3)nc3c2CCNCC3)CC1. The lowest BCUT2D eigenvalue weighted by Crippen LogP contribution is -2.35. The van der Waals surface area contributed by atoms with E-state index in [1.165, 1.54) is 16.8 Å². The number of hydrogen-bond donors (Lipinski definition) is 1. The number of anilines is 1. The number of nitrogens with zero attached hydrogens (tertiary/aromatic N) is 4. The van der Waals surface area contributed by atoms with Gasteiger partial charge in [-0.05, 0) is 31.4 Å². The van der Waals surface area contributed by atoms with Gasteiger partial charge in [-0.25, -0.2) is 9.97 Å². The van der Waals surface area contributed by atoms with Gasteiger partial charge < -0.3 is 10.2 Å². The summed E-state index contributed by atoms with van der Waals surface area (Å²) in [5.74, 6) is 2.22. The number of nitrogens with one attached hydrogen (secondary N) is 1. The summed E-state index contributed by atoms with van der Waals surface area (Å²) in [6, 6.07) is 12.9. The van der Waals surface area contributed by atoms with Gasteiger partial charge in [0.1, 0.15) is 11.6 Å². The van der Waals surface area contributed by atoms with Crippen molar-refractivity contribution >= 4 is 5.82 Å². The van der Waals surface area contributed by atoms with E-state index in [1.807, 2.05) is 6.07 Å². The van der Waals surface area contributed by atoms with Crippen molar-refractivity contribution < 1.29 is 0 Å². The summed E-state index contributed by atoms with van der Waals surface area (Å²) in [6.45, 7) is 3.79. The summed E-state index contributed by atoms with van der Waals surface area (Å²) in [6.07, 6.45) is 4.57. The third-order valence-corrected chi connectivity index (χ3v) is 5.39. The first kappa shape index (κ1) is 17.0. The van der Waals surface area contributed by atoms with Crippen molar-refractivity contribution in [2.45, 2.75) is 32.1 Å². The molecule has 2 aromatic rings. The Bertz CT molecular complexity index is 788. The van der Waals surface area contributed by atoms with Crippen LogP contribution in [0.4, 0.5) is 5.82 Å². The normalized spacial score (nSPS) is 18.0. The molecule has 1 saturated heterocycles. The molecule has 0 saturated carbocycles. The first-order valence-corrected chi connectivity index (χ1v) is 9.61. The maximum absolute atomic E-state index is 9.18. The Morgan fingerprint density at radius 2 is 1.85 bits per heavy atom. The van der Waals surface area contributed by atoms with E-state index >= 15 is 0 Å². The van der Waals surface area contributed by atoms with Gasteiger partial charge in [0, 0.05) is 44.0 Å². The van der Waals surface area contributed by atoms with Gasteiger partial charge in [-0.15, -0.1) is 0 Å². The molecule has 0 unspecified atom stereocenters. The molecule has 0 amide bonds. The third kappa shape index (κ3) is 3.71. The maximum Gasteiger partial charge on any atom is 0.135 e. The Morgan fingerprint density at radius 1 is 1.08 bits per heavy atom. The molecular formula is C21H25N5. The highest BCUT2D eigenvalue weighted by Crippen LogP contribution is 2.28. The van der Waals surface area contributed by atoms with Gasteiger partial charge in [-0.2, -0.15) is 5.26 Å². The molecule has 0 radical (unpaired) electrons. The van der Waals surface area contributed by atoms with Gasteiger partial charge >= 0.3 is 0 Å². The first-order valence-electron chi connectivity index (χ1n) is 9.61. The summed E-state index contributed by atoms with van der Waals surface area (Å²) in [7, 11) is 0. The molecule has 0 spiro atoms. The molecule has 1 N–H and O–H groups in total. The molecule has 5 nitrogen and oxygen atoms in total. The summed E-state index contributed by atoms with van der Waals surface area (Å²) < 4.78 is 0. The summed E-state index contributed by atoms with van der Waals surface area (Å²) in [5.41, 5.74) is 3.75. The highest BCUT2D eigenvalue weighted by atomic mass is 15.2. The minimum atomic E-state index is 0.192. The molecule has 1 aromatic carbocycles. The zero-order valence-corrected chi connectivity index (χ0v) is 15.1. The number of piperidine rings is 1. The van der Waals surface area contributed by atoms with Crippen molar-refractivity contribution in [1.82, 2.24) is 15.3 Å². The van der Waals surface area contributed by atoms with E-state index in [1.54, 1.807) is 0 Å². The molecule has 1 fully saturated rings. The Labute approximate surface area is 155 Å². The largest absolute Gasteiger partial charge is 0.356 e. The lowest BCUT2D eigenvalue weighted by molar-refractivity contribution is 0.483. The van der Waals surface area contributed by atoms with Crippen molar-refractivity contribution in [3.63, 3.8) is 0 Å². The van der Waals surface area contributed by atoms with E-state index in [-0.39, 0.29) is 5.92 Å². The van der Waals surface area contributed by atoms with Crippen molar-refractivity contribution in [1.29, 1.82) is 5.26 Å². The van der Waals surface area contributed by atoms with Crippen molar-refractivity contribution in [2.75, 3.05) is 31.1 Å².